The van der Waals surface area contributed by atoms with Gasteiger partial charge in [0.2, 0.25) is 0 Å². The molecule has 1 aromatic carbocycles. The standard InChI is InChI=1S/C22H34N6O3.HI/c1-22(2,15-7-9-17(30-5)18(11-15)31-6)14-24-21(23-3)25-16-8-10-20-26-19(13-29-4)27-28(20)12-16;/h7,9,11,16H,8,10,12-14H2,1-6H3,(H2,23,24,25);1H. The molecule has 32 heavy (non-hydrogen) atoms. The molecule has 0 radical (unpaired) electrons. The number of aryl methyl sites for hydroxylation is 1. The van der Waals surface area contributed by atoms with Gasteiger partial charge in [0, 0.05) is 38.6 Å². The van der Waals surface area contributed by atoms with Crippen molar-refractivity contribution in [1.82, 2.24) is 25.4 Å². The summed E-state index contributed by atoms with van der Waals surface area (Å²) in [6, 6.07) is 6.28. The number of hydrogen-bond acceptors (Lipinski definition) is 6. The molecule has 1 aliphatic rings. The summed E-state index contributed by atoms with van der Waals surface area (Å²) in [5.41, 5.74) is 1.02. The van der Waals surface area contributed by atoms with Crippen LogP contribution in [0.5, 0.6) is 11.5 Å². The van der Waals surface area contributed by atoms with Crippen LogP contribution in [-0.4, -0.2) is 61.7 Å². The molecule has 0 bridgehead atoms. The number of nitrogens with zero attached hydrogens (tertiary/aromatic N) is 4. The van der Waals surface area contributed by atoms with Gasteiger partial charge in [0.05, 0.1) is 20.8 Å². The number of benzene rings is 1. The summed E-state index contributed by atoms with van der Waals surface area (Å²) >= 11 is 0. The van der Waals surface area contributed by atoms with Crippen molar-refractivity contribution in [2.75, 3.05) is 34.9 Å². The predicted octanol–water partition coefficient (Wildman–Crippen LogP) is 2.52. The Balaban J connectivity index is 0.00000363. The minimum Gasteiger partial charge on any atom is -0.493 e. The van der Waals surface area contributed by atoms with Crippen molar-refractivity contribution >= 4 is 29.9 Å². The van der Waals surface area contributed by atoms with E-state index in [0.717, 1.165) is 54.1 Å². The van der Waals surface area contributed by atoms with Crippen LogP contribution in [0.4, 0.5) is 0 Å². The molecule has 1 unspecified atom stereocenters. The molecule has 0 aliphatic carbocycles. The Kier molecular flexibility index (Phi) is 9.56. The first-order chi connectivity index (χ1) is 14.9. The fraction of sp³-hybridized carbons (Fsp3) is 0.591. The van der Waals surface area contributed by atoms with Gasteiger partial charge in [-0.05, 0) is 24.1 Å². The summed E-state index contributed by atoms with van der Waals surface area (Å²) in [6.07, 6.45) is 1.85. The molecule has 2 N–H and O–H groups in total. The van der Waals surface area contributed by atoms with Crippen LogP contribution in [0, 0.1) is 0 Å². The van der Waals surface area contributed by atoms with E-state index in [2.05, 4.69) is 45.6 Å². The normalized spacial score (nSPS) is 16.1. The van der Waals surface area contributed by atoms with E-state index in [1.807, 2.05) is 16.8 Å². The van der Waals surface area contributed by atoms with E-state index in [0.29, 0.717) is 13.2 Å². The third-order valence-corrected chi connectivity index (χ3v) is 5.60. The molecule has 10 heteroatoms. The van der Waals surface area contributed by atoms with Gasteiger partial charge >= 0.3 is 0 Å². The van der Waals surface area contributed by atoms with E-state index >= 15 is 0 Å². The Labute approximate surface area is 207 Å². The zero-order valence-corrected chi connectivity index (χ0v) is 22.1. The molecule has 9 nitrogen and oxygen atoms in total. The van der Waals surface area contributed by atoms with Crippen LogP contribution >= 0.6 is 24.0 Å². The summed E-state index contributed by atoms with van der Waals surface area (Å²) in [6.45, 7) is 6.28. The third-order valence-electron chi connectivity index (χ3n) is 5.60. The average Bonchev–Trinajstić information content (AvgIpc) is 3.17. The monoisotopic (exact) mass is 558 g/mol. The maximum Gasteiger partial charge on any atom is 0.191 e. The summed E-state index contributed by atoms with van der Waals surface area (Å²) < 4.78 is 17.9. The summed E-state index contributed by atoms with van der Waals surface area (Å²) in [7, 11) is 6.75. The van der Waals surface area contributed by atoms with Gasteiger partial charge in [0.25, 0.3) is 0 Å². The molecular weight excluding hydrogens is 523 g/mol. The number of aliphatic imine (C=N–C) groups is 1. The molecule has 1 aromatic heterocycles. The van der Waals surface area contributed by atoms with Crippen molar-refractivity contribution in [1.29, 1.82) is 0 Å². The largest absolute Gasteiger partial charge is 0.493 e. The van der Waals surface area contributed by atoms with Gasteiger partial charge in [-0.1, -0.05) is 19.9 Å². The first-order valence-electron chi connectivity index (χ1n) is 10.5. The first kappa shape index (κ1) is 26.2. The summed E-state index contributed by atoms with van der Waals surface area (Å²) in [5.74, 6) is 3.99. The maximum atomic E-state index is 5.46. The van der Waals surface area contributed by atoms with Crippen LogP contribution < -0.4 is 20.1 Å². The van der Waals surface area contributed by atoms with Crippen molar-refractivity contribution in [2.24, 2.45) is 4.99 Å². The van der Waals surface area contributed by atoms with E-state index in [1.165, 1.54) is 0 Å². The second-order valence-electron chi connectivity index (χ2n) is 8.32. The van der Waals surface area contributed by atoms with Crippen molar-refractivity contribution in [3.63, 3.8) is 0 Å². The average molecular weight is 558 g/mol. The topological polar surface area (TPSA) is 94.8 Å². The van der Waals surface area contributed by atoms with Crippen LogP contribution in [0.25, 0.3) is 0 Å². The summed E-state index contributed by atoms with van der Waals surface area (Å²) in [4.78, 5) is 8.95. The Hall–Kier alpha value is -2.08. The molecule has 2 heterocycles. The quantitative estimate of drug-likeness (QED) is 0.292. The third kappa shape index (κ3) is 6.25. The van der Waals surface area contributed by atoms with Crippen molar-refractivity contribution in [3.8, 4) is 11.5 Å². The molecule has 3 rings (SSSR count). The highest BCUT2D eigenvalue weighted by Crippen LogP contribution is 2.32. The first-order valence-corrected chi connectivity index (χ1v) is 10.5. The Bertz CT molecular complexity index is 915. The van der Waals surface area contributed by atoms with E-state index in [4.69, 9.17) is 14.2 Å². The van der Waals surface area contributed by atoms with Gasteiger partial charge in [-0.2, -0.15) is 5.10 Å². The number of rotatable bonds is 8. The number of fused-ring (bicyclic) bond motifs is 1. The molecule has 0 spiro atoms. The highest BCUT2D eigenvalue weighted by Gasteiger charge is 2.25. The minimum absolute atomic E-state index is 0. The number of guanidine groups is 1. The van der Waals surface area contributed by atoms with Gasteiger partial charge in [0.15, 0.2) is 23.3 Å². The molecule has 0 saturated carbocycles. The van der Waals surface area contributed by atoms with Gasteiger partial charge in [-0.15, -0.1) is 24.0 Å². The van der Waals surface area contributed by atoms with Crippen LogP contribution in [0.15, 0.2) is 23.2 Å². The molecule has 0 saturated heterocycles. The molecule has 1 atom stereocenters. The smallest absolute Gasteiger partial charge is 0.191 e. The second-order valence-corrected chi connectivity index (χ2v) is 8.32. The van der Waals surface area contributed by atoms with Crippen molar-refractivity contribution in [3.05, 3.63) is 35.4 Å². The van der Waals surface area contributed by atoms with Crippen molar-refractivity contribution < 1.29 is 14.2 Å². The van der Waals surface area contributed by atoms with Crippen LogP contribution in [-0.2, 0) is 29.7 Å². The zero-order valence-electron chi connectivity index (χ0n) is 19.8. The van der Waals surface area contributed by atoms with E-state index in [1.54, 1.807) is 28.4 Å². The number of ether oxygens (including phenoxy) is 3. The molecule has 0 amide bonds. The Morgan fingerprint density at radius 2 is 1.97 bits per heavy atom. The van der Waals surface area contributed by atoms with Gasteiger partial charge in [-0.3, -0.25) is 4.99 Å². The van der Waals surface area contributed by atoms with Crippen LogP contribution in [0.1, 0.15) is 37.5 Å². The lowest BCUT2D eigenvalue weighted by atomic mass is 9.84. The minimum atomic E-state index is -0.141. The second kappa shape index (κ2) is 11.7. The Morgan fingerprint density at radius 3 is 2.62 bits per heavy atom. The fourth-order valence-electron chi connectivity index (χ4n) is 3.72. The number of halogens is 1. The van der Waals surface area contributed by atoms with Gasteiger partial charge in [-0.25, -0.2) is 9.67 Å². The molecule has 2 aromatic rings. The number of nitrogens with one attached hydrogen (secondary N) is 2. The predicted molar refractivity (Wildman–Crippen MR) is 135 cm³/mol. The summed E-state index contributed by atoms with van der Waals surface area (Å²) in [5, 5.41) is 11.5. The van der Waals surface area contributed by atoms with Gasteiger partial charge < -0.3 is 24.8 Å². The Morgan fingerprint density at radius 1 is 1.22 bits per heavy atom. The van der Waals surface area contributed by atoms with E-state index in [-0.39, 0.29) is 35.4 Å². The highest BCUT2D eigenvalue weighted by atomic mass is 127. The molecule has 1 aliphatic heterocycles. The van der Waals surface area contributed by atoms with Gasteiger partial charge in [0.1, 0.15) is 12.4 Å². The molecule has 0 fully saturated rings. The number of hydrogen-bond donors (Lipinski definition) is 2. The van der Waals surface area contributed by atoms with Crippen LogP contribution in [0.2, 0.25) is 0 Å². The number of aromatic nitrogens is 3. The van der Waals surface area contributed by atoms with Crippen LogP contribution in [0.3, 0.4) is 0 Å². The SMILES string of the molecule is CN=C(NCC(C)(C)c1ccc(OC)c(OC)c1)NC1CCc2nc(COC)nn2C1.I. The highest BCUT2D eigenvalue weighted by molar-refractivity contribution is 14.0. The fourth-order valence-corrected chi connectivity index (χ4v) is 3.72. The lowest BCUT2D eigenvalue weighted by Gasteiger charge is -2.29. The molecule has 178 valence electrons. The number of methoxy groups -OCH3 is 3. The molecular formula is C22H35IN6O3. The lowest BCUT2D eigenvalue weighted by molar-refractivity contribution is 0.177. The van der Waals surface area contributed by atoms with Crippen molar-refractivity contribution in [2.45, 2.75) is 51.3 Å². The lowest BCUT2D eigenvalue weighted by Crippen LogP contribution is -2.49. The van der Waals surface area contributed by atoms with E-state index < -0.39 is 0 Å². The van der Waals surface area contributed by atoms with E-state index in [9.17, 15) is 0 Å². The zero-order chi connectivity index (χ0) is 22.4. The maximum absolute atomic E-state index is 5.46.